The number of rotatable bonds is 9. The van der Waals surface area contributed by atoms with E-state index in [9.17, 15) is 13.2 Å². The zero-order valence-corrected chi connectivity index (χ0v) is 21.2. The maximum absolute atomic E-state index is 13.3. The van der Waals surface area contributed by atoms with Gasteiger partial charge in [-0.1, -0.05) is 32.0 Å². The molecule has 0 radical (unpaired) electrons. The lowest BCUT2D eigenvalue weighted by Gasteiger charge is -2.23. The summed E-state index contributed by atoms with van der Waals surface area (Å²) in [6, 6.07) is 14.2. The summed E-state index contributed by atoms with van der Waals surface area (Å²) in [5, 5.41) is 0. The first-order chi connectivity index (χ1) is 16.8. The number of anilines is 1. The number of hydrogen-bond donors (Lipinski definition) is 0. The molecule has 0 atom stereocenters. The molecule has 1 aliphatic heterocycles. The van der Waals surface area contributed by atoms with Crippen molar-refractivity contribution in [3.63, 3.8) is 0 Å². The van der Waals surface area contributed by atoms with Crippen molar-refractivity contribution in [2.24, 2.45) is 0 Å². The van der Waals surface area contributed by atoms with Crippen molar-refractivity contribution in [3.8, 4) is 11.5 Å². The van der Waals surface area contributed by atoms with Gasteiger partial charge in [-0.05, 0) is 50.1 Å². The fourth-order valence-corrected chi connectivity index (χ4v) is 5.75. The van der Waals surface area contributed by atoms with E-state index < -0.39 is 16.0 Å². The number of aromatic nitrogens is 1. The molecule has 0 N–H and O–H groups in total. The van der Waals surface area contributed by atoms with Crippen LogP contribution in [0.1, 0.15) is 48.5 Å². The summed E-state index contributed by atoms with van der Waals surface area (Å²) in [4.78, 5) is 19.9. The number of ether oxygens (including phenoxy) is 1. The summed E-state index contributed by atoms with van der Waals surface area (Å²) in [5.41, 5.74) is 2.28. The summed E-state index contributed by atoms with van der Waals surface area (Å²) in [6.45, 7) is 7.60. The van der Waals surface area contributed by atoms with E-state index in [1.807, 2.05) is 30.3 Å². The SMILES string of the molecule is CCN(CC)S(=O)(=O)c1ccc(N2CCCC2)c(C(=O)OCc2nc(-c3ccccc3)oc2C)c1. The van der Waals surface area contributed by atoms with E-state index in [4.69, 9.17) is 9.15 Å². The van der Waals surface area contributed by atoms with Gasteiger partial charge in [-0.3, -0.25) is 0 Å². The first-order valence-electron chi connectivity index (χ1n) is 11.9. The number of hydrogen-bond acceptors (Lipinski definition) is 7. The minimum absolute atomic E-state index is 0.0759. The summed E-state index contributed by atoms with van der Waals surface area (Å²) in [6.07, 6.45) is 2.04. The van der Waals surface area contributed by atoms with Crippen LogP contribution in [0.25, 0.3) is 11.5 Å². The highest BCUT2D eigenvalue weighted by atomic mass is 32.2. The third kappa shape index (κ3) is 5.26. The molecule has 35 heavy (non-hydrogen) atoms. The van der Waals surface area contributed by atoms with Crippen LogP contribution in [0.5, 0.6) is 0 Å². The Hall–Kier alpha value is -3.17. The Labute approximate surface area is 206 Å². The second-order valence-corrected chi connectivity index (χ2v) is 10.4. The van der Waals surface area contributed by atoms with E-state index in [0.717, 1.165) is 31.5 Å². The molecule has 1 aliphatic rings. The zero-order valence-electron chi connectivity index (χ0n) is 20.4. The highest BCUT2D eigenvalue weighted by molar-refractivity contribution is 7.89. The van der Waals surface area contributed by atoms with Crippen molar-refractivity contribution in [2.45, 2.75) is 45.1 Å². The van der Waals surface area contributed by atoms with Crippen molar-refractivity contribution < 1.29 is 22.4 Å². The number of aryl methyl sites for hydroxylation is 1. The van der Waals surface area contributed by atoms with Crippen molar-refractivity contribution in [3.05, 3.63) is 65.5 Å². The van der Waals surface area contributed by atoms with Crippen molar-refractivity contribution in [1.29, 1.82) is 0 Å². The van der Waals surface area contributed by atoms with Crippen LogP contribution in [0.15, 0.2) is 57.8 Å². The maximum atomic E-state index is 13.3. The molecule has 0 spiro atoms. The predicted molar refractivity (Wildman–Crippen MR) is 134 cm³/mol. The van der Waals surface area contributed by atoms with Crippen molar-refractivity contribution in [1.82, 2.24) is 9.29 Å². The molecule has 0 saturated carbocycles. The molecule has 4 rings (SSSR count). The third-order valence-corrected chi connectivity index (χ3v) is 8.28. The molecule has 0 unspecified atom stereocenters. The summed E-state index contributed by atoms with van der Waals surface area (Å²) >= 11 is 0. The first kappa shape index (κ1) is 24.9. The van der Waals surface area contributed by atoms with Gasteiger partial charge in [0.2, 0.25) is 15.9 Å². The second-order valence-electron chi connectivity index (χ2n) is 8.43. The molecular formula is C26H31N3O5S. The lowest BCUT2D eigenvalue weighted by Crippen LogP contribution is -2.31. The molecule has 8 nitrogen and oxygen atoms in total. The van der Waals surface area contributed by atoms with E-state index in [1.54, 1.807) is 32.9 Å². The largest absolute Gasteiger partial charge is 0.455 e. The Morgan fingerprint density at radius 1 is 1.09 bits per heavy atom. The van der Waals surface area contributed by atoms with Crippen LogP contribution >= 0.6 is 0 Å². The number of sulfonamides is 1. The Kier molecular flexibility index (Phi) is 7.57. The maximum Gasteiger partial charge on any atom is 0.340 e. The van der Waals surface area contributed by atoms with Gasteiger partial charge in [0.1, 0.15) is 18.1 Å². The van der Waals surface area contributed by atoms with Gasteiger partial charge >= 0.3 is 5.97 Å². The molecule has 1 saturated heterocycles. The van der Waals surface area contributed by atoms with Gasteiger partial charge in [0.05, 0.1) is 16.1 Å². The highest BCUT2D eigenvalue weighted by Gasteiger charge is 2.27. The first-order valence-corrected chi connectivity index (χ1v) is 13.4. The predicted octanol–water partition coefficient (Wildman–Crippen LogP) is 4.64. The van der Waals surface area contributed by atoms with Crippen LogP contribution in [0.4, 0.5) is 5.69 Å². The minimum atomic E-state index is -3.72. The number of carbonyl (C=O) groups is 1. The average molecular weight is 498 g/mol. The van der Waals surface area contributed by atoms with Gasteiger partial charge in [0.15, 0.2) is 0 Å². The molecule has 0 bridgehead atoms. The van der Waals surface area contributed by atoms with Crippen LogP contribution in [-0.4, -0.2) is 49.9 Å². The highest BCUT2D eigenvalue weighted by Crippen LogP contribution is 2.30. The van der Waals surface area contributed by atoms with Gasteiger partial charge in [0, 0.05) is 31.7 Å². The summed E-state index contributed by atoms with van der Waals surface area (Å²) < 4.78 is 39.0. The minimum Gasteiger partial charge on any atom is -0.455 e. The quantitative estimate of drug-likeness (QED) is 0.398. The Morgan fingerprint density at radius 2 is 1.77 bits per heavy atom. The van der Waals surface area contributed by atoms with Crippen LogP contribution < -0.4 is 4.90 Å². The zero-order chi connectivity index (χ0) is 25.0. The van der Waals surface area contributed by atoms with Crippen LogP contribution in [0.3, 0.4) is 0 Å². The van der Waals surface area contributed by atoms with Gasteiger partial charge < -0.3 is 14.1 Å². The molecule has 3 aromatic rings. The summed E-state index contributed by atoms with van der Waals surface area (Å²) in [7, 11) is -3.72. The molecule has 1 aromatic heterocycles. The number of nitrogens with zero attached hydrogens (tertiary/aromatic N) is 3. The fraction of sp³-hybridized carbons (Fsp3) is 0.385. The van der Waals surface area contributed by atoms with E-state index in [0.29, 0.717) is 36.1 Å². The number of carbonyl (C=O) groups excluding carboxylic acids is 1. The molecule has 2 heterocycles. The van der Waals surface area contributed by atoms with Crippen LogP contribution in [0, 0.1) is 6.92 Å². The Bertz CT molecular complexity index is 1280. The average Bonchev–Trinajstić information content (AvgIpc) is 3.53. The van der Waals surface area contributed by atoms with Crippen molar-refractivity contribution >= 4 is 21.7 Å². The van der Waals surface area contributed by atoms with E-state index >= 15 is 0 Å². The van der Waals surface area contributed by atoms with E-state index in [1.165, 1.54) is 10.4 Å². The number of benzene rings is 2. The van der Waals surface area contributed by atoms with Crippen LogP contribution in [0.2, 0.25) is 0 Å². The Balaban J connectivity index is 1.61. The van der Waals surface area contributed by atoms with Gasteiger partial charge in [0.25, 0.3) is 0 Å². The molecule has 186 valence electrons. The fourth-order valence-electron chi connectivity index (χ4n) is 4.26. The van der Waals surface area contributed by atoms with Crippen molar-refractivity contribution in [2.75, 3.05) is 31.1 Å². The van der Waals surface area contributed by atoms with Gasteiger partial charge in [-0.15, -0.1) is 0 Å². The van der Waals surface area contributed by atoms with E-state index in [-0.39, 0.29) is 17.1 Å². The lowest BCUT2D eigenvalue weighted by atomic mass is 10.1. The molecule has 9 heteroatoms. The molecule has 0 aliphatic carbocycles. The standard InChI is InChI=1S/C26H31N3O5S/c1-4-29(5-2)35(31,32)21-13-14-24(28-15-9-10-16-28)22(17-21)26(30)33-18-23-19(3)34-25(27-23)20-11-7-6-8-12-20/h6-8,11-14,17H,4-5,9-10,15-16,18H2,1-3H3. The molecule has 2 aromatic carbocycles. The molecule has 0 amide bonds. The monoisotopic (exact) mass is 497 g/mol. The number of esters is 1. The van der Waals surface area contributed by atoms with Gasteiger partial charge in [-0.2, -0.15) is 4.31 Å². The normalized spacial score (nSPS) is 14.0. The Morgan fingerprint density at radius 3 is 2.43 bits per heavy atom. The molecular weight excluding hydrogens is 466 g/mol. The number of oxazole rings is 1. The second kappa shape index (κ2) is 10.6. The van der Waals surface area contributed by atoms with Crippen LogP contribution in [-0.2, 0) is 21.4 Å². The summed E-state index contributed by atoms with van der Waals surface area (Å²) in [5.74, 6) is 0.431. The molecule has 1 fully saturated rings. The lowest BCUT2D eigenvalue weighted by molar-refractivity contribution is 0.0467. The van der Waals surface area contributed by atoms with E-state index in [2.05, 4.69) is 9.88 Å². The van der Waals surface area contributed by atoms with Gasteiger partial charge in [-0.25, -0.2) is 18.2 Å². The topological polar surface area (TPSA) is 93.0 Å². The smallest absolute Gasteiger partial charge is 0.340 e. The third-order valence-electron chi connectivity index (χ3n) is 6.23.